The molecule has 9 heteroatoms. The van der Waals surface area contributed by atoms with Gasteiger partial charge in [0.25, 0.3) is 0 Å². The van der Waals surface area contributed by atoms with Crippen molar-refractivity contribution in [1.29, 1.82) is 0 Å². The second kappa shape index (κ2) is 9.34. The van der Waals surface area contributed by atoms with Gasteiger partial charge in [0.05, 0.1) is 30.8 Å². The van der Waals surface area contributed by atoms with Crippen LogP contribution in [0.5, 0.6) is 5.75 Å². The number of likely N-dealkylation sites (N-methyl/N-ethyl adjacent to an activating group) is 1. The molecule has 2 aromatic rings. The third-order valence-corrected chi connectivity index (χ3v) is 6.44. The lowest BCUT2D eigenvalue weighted by molar-refractivity contribution is -0.139. The van der Waals surface area contributed by atoms with Crippen molar-refractivity contribution < 1.29 is 22.7 Å². The highest BCUT2D eigenvalue weighted by atomic mass is 32.2. The fourth-order valence-electron chi connectivity index (χ4n) is 2.92. The van der Waals surface area contributed by atoms with Gasteiger partial charge in [-0.25, -0.2) is 8.42 Å². The van der Waals surface area contributed by atoms with E-state index in [-0.39, 0.29) is 30.1 Å². The zero-order valence-electron chi connectivity index (χ0n) is 16.5. The largest absolute Gasteiger partial charge is 0.489 e. The van der Waals surface area contributed by atoms with Gasteiger partial charge in [-0.3, -0.25) is 9.78 Å². The Morgan fingerprint density at radius 1 is 1.28 bits per heavy atom. The minimum absolute atomic E-state index is 0.162. The van der Waals surface area contributed by atoms with E-state index in [4.69, 9.17) is 9.47 Å². The quantitative estimate of drug-likeness (QED) is 0.673. The Balaban J connectivity index is 1.54. The molecular weight excluding hydrogens is 394 g/mol. The highest BCUT2D eigenvalue weighted by Crippen LogP contribution is 2.15. The Morgan fingerprint density at radius 2 is 2.03 bits per heavy atom. The summed E-state index contributed by atoms with van der Waals surface area (Å²) >= 11 is 0. The lowest BCUT2D eigenvalue weighted by Gasteiger charge is -2.33. The van der Waals surface area contributed by atoms with Crippen LogP contribution in [0.1, 0.15) is 5.69 Å². The zero-order valence-corrected chi connectivity index (χ0v) is 17.3. The van der Waals surface area contributed by atoms with Crippen molar-refractivity contribution in [3.05, 3.63) is 54.4 Å². The number of morpholine rings is 1. The van der Waals surface area contributed by atoms with E-state index >= 15 is 0 Å². The molecule has 1 aromatic carbocycles. The van der Waals surface area contributed by atoms with Crippen LogP contribution in [0.3, 0.4) is 0 Å². The number of carbonyl (C=O) groups is 1. The smallest absolute Gasteiger partial charge is 0.243 e. The summed E-state index contributed by atoms with van der Waals surface area (Å²) in [5, 5.41) is 0. The number of sulfonamides is 1. The van der Waals surface area contributed by atoms with Gasteiger partial charge in [0.2, 0.25) is 15.9 Å². The van der Waals surface area contributed by atoms with Crippen LogP contribution in [0, 0.1) is 6.92 Å². The predicted octanol–water partition coefficient (Wildman–Crippen LogP) is 1.32. The van der Waals surface area contributed by atoms with Gasteiger partial charge in [0.15, 0.2) is 0 Å². The molecule has 8 nitrogen and oxygen atoms in total. The molecule has 2 heterocycles. The molecule has 1 atom stereocenters. The van der Waals surface area contributed by atoms with Crippen molar-refractivity contribution in [2.24, 2.45) is 0 Å². The molecule has 1 aliphatic rings. The molecule has 1 amide bonds. The Morgan fingerprint density at radius 3 is 2.72 bits per heavy atom. The average molecular weight is 420 g/mol. The third kappa shape index (κ3) is 5.53. The summed E-state index contributed by atoms with van der Waals surface area (Å²) in [4.78, 5) is 18.6. The minimum Gasteiger partial charge on any atom is -0.489 e. The monoisotopic (exact) mass is 419 g/mol. The first kappa shape index (κ1) is 21.2. The van der Waals surface area contributed by atoms with E-state index in [0.29, 0.717) is 25.4 Å². The number of hydrogen-bond acceptors (Lipinski definition) is 6. The average Bonchev–Trinajstić information content (AvgIpc) is 2.74. The first-order valence-corrected chi connectivity index (χ1v) is 10.8. The molecule has 0 aliphatic carbocycles. The number of amides is 1. The molecule has 1 unspecified atom stereocenters. The molecule has 0 saturated carbocycles. The van der Waals surface area contributed by atoms with E-state index in [0.717, 1.165) is 10.00 Å². The maximum atomic E-state index is 12.7. The SMILES string of the molecule is Cc1ccc(OCC2CN(C(=O)CN(C)S(=O)(=O)c3ccccc3)CCO2)cn1. The van der Waals surface area contributed by atoms with Crippen molar-refractivity contribution in [2.75, 3.05) is 39.9 Å². The molecule has 0 radical (unpaired) electrons. The molecular formula is C20H25N3O5S. The highest BCUT2D eigenvalue weighted by molar-refractivity contribution is 7.89. The molecule has 1 aliphatic heterocycles. The summed E-state index contributed by atoms with van der Waals surface area (Å²) in [6.45, 7) is 3.09. The molecule has 29 heavy (non-hydrogen) atoms. The molecule has 1 aromatic heterocycles. The summed E-state index contributed by atoms with van der Waals surface area (Å²) in [6, 6.07) is 11.8. The van der Waals surface area contributed by atoms with E-state index < -0.39 is 10.0 Å². The number of pyridine rings is 1. The fraction of sp³-hybridized carbons (Fsp3) is 0.400. The Bertz CT molecular complexity index is 919. The van der Waals surface area contributed by atoms with Gasteiger partial charge in [0.1, 0.15) is 18.5 Å². The van der Waals surface area contributed by atoms with Gasteiger partial charge in [-0.1, -0.05) is 18.2 Å². The normalized spacial score (nSPS) is 17.3. The van der Waals surface area contributed by atoms with E-state index in [1.807, 2.05) is 19.1 Å². The van der Waals surface area contributed by atoms with Crippen LogP contribution in [0.25, 0.3) is 0 Å². The molecule has 0 N–H and O–H groups in total. The molecule has 1 saturated heterocycles. The van der Waals surface area contributed by atoms with Crippen LogP contribution in [-0.4, -0.2) is 74.5 Å². The van der Waals surface area contributed by atoms with Crippen LogP contribution in [0.2, 0.25) is 0 Å². The molecule has 156 valence electrons. The number of nitrogens with zero attached hydrogens (tertiary/aromatic N) is 3. The van der Waals surface area contributed by atoms with Gasteiger partial charge >= 0.3 is 0 Å². The lowest BCUT2D eigenvalue weighted by atomic mass is 10.2. The van der Waals surface area contributed by atoms with Gasteiger partial charge in [-0.2, -0.15) is 4.31 Å². The third-order valence-electron chi connectivity index (χ3n) is 4.62. The first-order chi connectivity index (χ1) is 13.9. The molecule has 3 rings (SSSR count). The number of hydrogen-bond donors (Lipinski definition) is 0. The van der Waals surface area contributed by atoms with Crippen LogP contribution >= 0.6 is 0 Å². The van der Waals surface area contributed by atoms with Crippen molar-refractivity contribution in [3.8, 4) is 5.75 Å². The van der Waals surface area contributed by atoms with Gasteiger partial charge < -0.3 is 14.4 Å². The Kier molecular flexibility index (Phi) is 6.83. The molecule has 1 fully saturated rings. The van der Waals surface area contributed by atoms with Crippen molar-refractivity contribution in [2.45, 2.75) is 17.9 Å². The van der Waals surface area contributed by atoms with Crippen LogP contribution in [0.4, 0.5) is 0 Å². The van der Waals surface area contributed by atoms with Crippen molar-refractivity contribution in [3.63, 3.8) is 0 Å². The maximum absolute atomic E-state index is 12.7. The number of aromatic nitrogens is 1. The summed E-state index contributed by atoms with van der Waals surface area (Å²) in [7, 11) is -2.30. The van der Waals surface area contributed by atoms with E-state index in [1.54, 1.807) is 29.3 Å². The van der Waals surface area contributed by atoms with Crippen LogP contribution in [-0.2, 0) is 19.6 Å². The van der Waals surface area contributed by atoms with Crippen molar-refractivity contribution in [1.82, 2.24) is 14.2 Å². The minimum atomic E-state index is -3.71. The van der Waals surface area contributed by atoms with Gasteiger partial charge in [-0.15, -0.1) is 0 Å². The lowest BCUT2D eigenvalue weighted by Crippen LogP contribution is -2.50. The number of carbonyl (C=O) groups excluding carboxylic acids is 1. The molecule has 0 spiro atoms. The topological polar surface area (TPSA) is 89.0 Å². The molecule has 0 bridgehead atoms. The summed E-state index contributed by atoms with van der Waals surface area (Å²) in [5.74, 6) is 0.369. The number of ether oxygens (including phenoxy) is 2. The number of rotatable bonds is 7. The van der Waals surface area contributed by atoms with Crippen LogP contribution in [0.15, 0.2) is 53.6 Å². The maximum Gasteiger partial charge on any atom is 0.243 e. The standard InChI is InChI=1S/C20H25N3O5S/c1-16-8-9-17(12-21-16)28-15-18-13-23(10-11-27-18)20(24)14-22(2)29(25,26)19-6-4-3-5-7-19/h3-9,12,18H,10-11,13-15H2,1-2H3. The second-order valence-corrected chi connectivity index (χ2v) is 8.90. The Hall–Kier alpha value is -2.49. The van der Waals surface area contributed by atoms with E-state index in [1.165, 1.54) is 19.2 Å². The van der Waals surface area contributed by atoms with E-state index in [2.05, 4.69) is 4.98 Å². The fourth-order valence-corrected chi connectivity index (χ4v) is 4.06. The summed E-state index contributed by atoms with van der Waals surface area (Å²) in [6.07, 6.45) is 1.36. The second-order valence-electron chi connectivity index (χ2n) is 6.85. The Labute approximate surface area is 171 Å². The summed E-state index contributed by atoms with van der Waals surface area (Å²) in [5.41, 5.74) is 0.901. The number of aryl methyl sites for hydroxylation is 1. The van der Waals surface area contributed by atoms with E-state index in [9.17, 15) is 13.2 Å². The predicted molar refractivity (Wildman–Crippen MR) is 107 cm³/mol. The number of benzene rings is 1. The highest BCUT2D eigenvalue weighted by Gasteiger charge is 2.28. The van der Waals surface area contributed by atoms with Gasteiger partial charge in [-0.05, 0) is 31.2 Å². The van der Waals surface area contributed by atoms with Crippen LogP contribution < -0.4 is 4.74 Å². The van der Waals surface area contributed by atoms with Crippen molar-refractivity contribution >= 4 is 15.9 Å². The first-order valence-electron chi connectivity index (χ1n) is 9.32. The zero-order chi connectivity index (χ0) is 20.9. The summed E-state index contributed by atoms with van der Waals surface area (Å²) < 4.78 is 37.6. The van der Waals surface area contributed by atoms with Gasteiger partial charge in [0, 0.05) is 19.3 Å².